The molecule has 0 aliphatic heterocycles. The van der Waals surface area contributed by atoms with Crippen LogP contribution in [0.5, 0.6) is 0 Å². The molecule has 0 aromatic heterocycles. The molecule has 0 aromatic carbocycles. The van der Waals surface area contributed by atoms with Gasteiger partial charge < -0.3 is 15.7 Å². The van der Waals surface area contributed by atoms with Crippen LogP contribution < -0.4 is 10.6 Å². The minimum Gasteiger partial charge on any atom is -0.481 e. The van der Waals surface area contributed by atoms with E-state index in [1.54, 1.807) is 0 Å². The molecule has 0 radical (unpaired) electrons. The first kappa shape index (κ1) is 16.1. The average molecular weight is 288 g/mol. The standard InChI is InChI=1S/C13H24N2O3S/c1-3-19-11-5-4-10(7-11)15-13(18)14-8-9(2)6-12(16)17/h9-11H,3-8H2,1-2H3,(H,16,17)(H2,14,15,18). The highest BCUT2D eigenvalue weighted by molar-refractivity contribution is 7.99. The number of urea groups is 1. The number of carboxylic acid groups (broad SMARTS) is 1. The molecule has 0 spiro atoms. The van der Waals surface area contributed by atoms with Crippen molar-refractivity contribution in [3.8, 4) is 0 Å². The Hall–Kier alpha value is -0.910. The van der Waals surface area contributed by atoms with Gasteiger partial charge in [0.15, 0.2) is 0 Å². The Bertz CT molecular complexity index is 312. The van der Waals surface area contributed by atoms with Gasteiger partial charge in [0.05, 0.1) is 0 Å². The Morgan fingerprint density at radius 3 is 2.79 bits per heavy atom. The summed E-state index contributed by atoms with van der Waals surface area (Å²) in [5.41, 5.74) is 0. The first-order valence-electron chi connectivity index (χ1n) is 6.89. The highest BCUT2D eigenvalue weighted by Crippen LogP contribution is 2.29. The lowest BCUT2D eigenvalue weighted by Gasteiger charge is -2.15. The Labute approximate surface area is 118 Å². The Morgan fingerprint density at radius 2 is 2.16 bits per heavy atom. The van der Waals surface area contributed by atoms with E-state index in [1.165, 1.54) is 6.42 Å². The van der Waals surface area contributed by atoms with E-state index in [2.05, 4.69) is 17.6 Å². The fourth-order valence-electron chi connectivity index (χ4n) is 2.33. The first-order valence-corrected chi connectivity index (χ1v) is 7.93. The lowest BCUT2D eigenvalue weighted by atomic mass is 10.1. The van der Waals surface area contributed by atoms with Gasteiger partial charge in [0.1, 0.15) is 0 Å². The van der Waals surface area contributed by atoms with Crippen molar-refractivity contribution in [3.63, 3.8) is 0 Å². The zero-order valence-corrected chi connectivity index (χ0v) is 12.5. The molecule has 0 bridgehead atoms. The molecule has 1 fully saturated rings. The molecule has 0 saturated heterocycles. The van der Waals surface area contributed by atoms with E-state index < -0.39 is 5.97 Å². The van der Waals surface area contributed by atoms with Gasteiger partial charge in [-0.3, -0.25) is 4.79 Å². The molecule has 0 aromatic rings. The number of aliphatic carboxylic acids is 1. The van der Waals surface area contributed by atoms with Crippen molar-refractivity contribution >= 4 is 23.8 Å². The zero-order chi connectivity index (χ0) is 14.3. The molecular formula is C13H24N2O3S. The van der Waals surface area contributed by atoms with Gasteiger partial charge in [0.25, 0.3) is 0 Å². The van der Waals surface area contributed by atoms with E-state index in [-0.39, 0.29) is 24.4 Å². The zero-order valence-electron chi connectivity index (χ0n) is 11.6. The van der Waals surface area contributed by atoms with E-state index in [0.717, 1.165) is 18.6 Å². The van der Waals surface area contributed by atoms with Gasteiger partial charge in [0, 0.05) is 24.3 Å². The molecular weight excluding hydrogens is 264 g/mol. The van der Waals surface area contributed by atoms with Gasteiger partial charge in [-0.1, -0.05) is 13.8 Å². The smallest absolute Gasteiger partial charge is 0.315 e. The highest BCUT2D eigenvalue weighted by atomic mass is 32.2. The SMILES string of the molecule is CCSC1CCC(NC(=O)NCC(C)CC(=O)O)C1. The van der Waals surface area contributed by atoms with Gasteiger partial charge in [-0.2, -0.15) is 11.8 Å². The van der Waals surface area contributed by atoms with Crippen molar-refractivity contribution in [2.75, 3.05) is 12.3 Å². The summed E-state index contributed by atoms with van der Waals surface area (Å²) in [5, 5.41) is 15.0. The highest BCUT2D eigenvalue weighted by Gasteiger charge is 2.25. The number of nitrogens with one attached hydrogen (secondary N) is 2. The van der Waals surface area contributed by atoms with Crippen LogP contribution in [0, 0.1) is 5.92 Å². The molecule has 3 atom stereocenters. The van der Waals surface area contributed by atoms with Crippen LogP contribution in [-0.2, 0) is 4.79 Å². The lowest BCUT2D eigenvalue weighted by molar-refractivity contribution is -0.137. The summed E-state index contributed by atoms with van der Waals surface area (Å²) >= 11 is 1.96. The Kier molecular flexibility index (Phi) is 7.05. The van der Waals surface area contributed by atoms with Gasteiger partial charge in [-0.05, 0) is 30.9 Å². The third-order valence-electron chi connectivity index (χ3n) is 3.26. The molecule has 19 heavy (non-hydrogen) atoms. The summed E-state index contributed by atoms with van der Waals surface area (Å²) in [6.45, 7) is 4.37. The molecule has 1 saturated carbocycles. The summed E-state index contributed by atoms with van der Waals surface area (Å²) in [5.74, 6) is 0.246. The number of carbonyl (C=O) groups excluding carboxylic acids is 1. The van der Waals surface area contributed by atoms with Crippen molar-refractivity contribution in [3.05, 3.63) is 0 Å². The maximum atomic E-state index is 11.7. The van der Waals surface area contributed by atoms with Crippen LogP contribution in [0.15, 0.2) is 0 Å². The Morgan fingerprint density at radius 1 is 1.42 bits per heavy atom. The van der Waals surface area contributed by atoms with Crippen molar-refractivity contribution in [2.24, 2.45) is 5.92 Å². The van der Waals surface area contributed by atoms with Crippen LogP contribution >= 0.6 is 11.8 Å². The predicted molar refractivity (Wildman–Crippen MR) is 77.5 cm³/mol. The third kappa shape index (κ3) is 6.71. The second-order valence-electron chi connectivity index (χ2n) is 5.14. The summed E-state index contributed by atoms with van der Waals surface area (Å²) in [6.07, 6.45) is 3.32. The quantitative estimate of drug-likeness (QED) is 0.670. The van der Waals surface area contributed by atoms with Crippen LogP contribution in [0.1, 0.15) is 39.5 Å². The molecule has 3 N–H and O–H groups in total. The van der Waals surface area contributed by atoms with Crippen LogP contribution in [0.25, 0.3) is 0 Å². The fourth-order valence-corrected chi connectivity index (χ4v) is 3.47. The van der Waals surface area contributed by atoms with Crippen LogP contribution in [0.2, 0.25) is 0 Å². The third-order valence-corrected chi connectivity index (χ3v) is 4.49. The molecule has 3 unspecified atom stereocenters. The maximum absolute atomic E-state index is 11.7. The molecule has 5 nitrogen and oxygen atoms in total. The summed E-state index contributed by atoms with van der Waals surface area (Å²) < 4.78 is 0. The largest absolute Gasteiger partial charge is 0.481 e. The van der Waals surface area contributed by atoms with E-state index in [1.807, 2.05) is 18.7 Å². The van der Waals surface area contributed by atoms with Gasteiger partial charge >= 0.3 is 12.0 Å². The molecule has 1 aliphatic carbocycles. The van der Waals surface area contributed by atoms with Crippen LogP contribution in [0.4, 0.5) is 4.79 Å². The van der Waals surface area contributed by atoms with E-state index in [0.29, 0.717) is 11.8 Å². The molecule has 6 heteroatoms. The van der Waals surface area contributed by atoms with Crippen LogP contribution in [0.3, 0.4) is 0 Å². The second kappa shape index (κ2) is 8.30. The monoisotopic (exact) mass is 288 g/mol. The van der Waals surface area contributed by atoms with Crippen molar-refractivity contribution < 1.29 is 14.7 Å². The molecule has 1 rings (SSSR count). The minimum absolute atomic E-state index is 0.0461. The van der Waals surface area contributed by atoms with E-state index in [4.69, 9.17) is 5.11 Å². The molecule has 110 valence electrons. The molecule has 1 aliphatic rings. The summed E-state index contributed by atoms with van der Waals surface area (Å²) in [4.78, 5) is 22.2. The van der Waals surface area contributed by atoms with Gasteiger partial charge in [-0.25, -0.2) is 4.79 Å². The topological polar surface area (TPSA) is 78.4 Å². The maximum Gasteiger partial charge on any atom is 0.315 e. The predicted octanol–water partition coefficient (Wildman–Crippen LogP) is 2.07. The van der Waals surface area contributed by atoms with Gasteiger partial charge in [-0.15, -0.1) is 0 Å². The van der Waals surface area contributed by atoms with Gasteiger partial charge in [0.2, 0.25) is 0 Å². The van der Waals surface area contributed by atoms with Crippen LogP contribution in [-0.4, -0.2) is 40.7 Å². The van der Waals surface area contributed by atoms with Crippen molar-refractivity contribution in [1.82, 2.24) is 10.6 Å². The first-order chi connectivity index (χ1) is 9.01. The minimum atomic E-state index is -0.829. The average Bonchev–Trinajstić information content (AvgIpc) is 2.73. The number of rotatable bonds is 7. The van der Waals surface area contributed by atoms with E-state index >= 15 is 0 Å². The van der Waals surface area contributed by atoms with E-state index in [9.17, 15) is 9.59 Å². The number of hydrogen-bond acceptors (Lipinski definition) is 3. The number of carboxylic acids is 1. The summed E-state index contributed by atoms with van der Waals surface area (Å²) in [7, 11) is 0. The number of carbonyl (C=O) groups is 2. The molecule has 2 amide bonds. The molecule has 0 heterocycles. The van der Waals surface area contributed by atoms with Crippen molar-refractivity contribution in [2.45, 2.75) is 50.8 Å². The normalized spacial score (nSPS) is 23.9. The number of amides is 2. The second-order valence-corrected chi connectivity index (χ2v) is 6.72. The lowest BCUT2D eigenvalue weighted by Crippen LogP contribution is -2.42. The fraction of sp³-hybridized carbons (Fsp3) is 0.846. The number of thioether (sulfide) groups is 1. The van der Waals surface area contributed by atoms with Crippen molar-refractivity contribution in [1.29, 1.82) is 0 Å². The Balaban J connectivity index is 2.16. The summed E-state index contributed by atoms with van der Waals surface area (Å²) in [6, 6.07) is 0.0863. The number of hydrogen-bond donors (Lipinski definition) is 3.